The zero-order valence-electron chi connectivity index (χ0n) is 14.5. The van der Waals surface area contributed by atoms with E-state index in [9.17, 15) is 4.79 Å². The van der Waals surface area contributed by atoms with Gasteiger partial charge in [0.15, 0.2) is 17.4 Å². The van der Waals surface area contributed by atoms with Gasteiger partial charge >= 0.3 is 0 Å². The molecular weight excluding hydrogens is 330 g/mol. The summed E-state index contributed by atoms with van der Waals surface area (Å²) in [5.41, 5.74) is 8.71. The van der Waals surface area contributed by atoms with Crippen LogP contribution in [0.4, 0.5) is 28.7 Å². The molecule has 0 amide bonds. The number of carbonyl (C=O) groups is 1. The molecule has 4 N–H and O–H groups in total. The zero-order chi connectivity index (χ0) is 18.5. The molecule has 2 aromatic carbocycles. The summed E-state index contributed by atoms with van der Waals surface area (Å²) < 4.78 is 5.14. The van der Waals surface area contributed by atoms with E-state index in [0.717, 1.165) is 17.1 Å². The molecule has 7 heteroatoms. The molecule has 7 nitrogen and oxygen atoms in total. The lowest BCUT2D eigenvalue weighted by Crippen LogP contribution is -2.05. The Morgan fingerprint density at radius 1 is 1.00 bits per heavy atom. The highest BCUT2D eigenvalue weighted by atomic mass is 16.5. The highest BCUT2D eigenvalue weighted by Crippen LogP contribution is 2.28. The maximum absolute atomic E-state index is 11.5. The van der Waals surface area contributed by atoms with Crippen molar-refractivity contribution in [3.05, 3.63) is 60.4 Å². The molecule has 132 valence electrons. The number of anilines is 5. The van der Waals surface area contributed by atoms with Crippen LogP contribution in [0.3, 0.4) is 0 Å². The first-order valence-corrected chi connectivity index (χ1v) is 7.96. The molecule has 0 saturated heterocycles. The molecule has 1 aromatic heterocycles. The molecule has 0 radical (unpaired) electrons. The fourth-order valence-electron chi connectivity index (χ4n) is 2.36. The van der Waals surface area contributed by atoms with E-state index in [4.69, 9.17) is 10.5 Å². The van der Waals surface area contributed by atoms with Gasteiger partial charge in [-0.3, -0.25) is 4.79 Å². The normalized spacial score (nSPS) is 10.2. The van der Waals surface area contributed by atoms with E-state index in [1.54, 1.807) is 25.3 Å². The third-order valence-corrected chi connectivity index (χ3v) is 3.77. The number of ether oxygens (including phenoxy) is 1. The number of aromatic nitrogens is 2. The van der Waals surface area contributed by atoms with E-state index in [1.807, 2.05) is 30.3 Å². The van der Waals surface area contributed by atoms with E-state index in [1.165, 1.54) is 13.3 Å². The van der Waals surface area contributed by atoms with E-state index >= 15 is 0 Å². The van der Waals surface area contributed by atoms with Crippen molar-refractivity contribution in [1.82, 2.24) is 9.97 Å². The van der Waals surface area contributed by atoms with E-state index < -0.39 is 0 Å². The van der Waals surface area contributed by atoms with Crippen LogP contribution in [0, 0.1) is 0 Å². The Bertz CT molecular complexity index is 925. The number of rotatable bonds is 6. The summed E-state index contributed by atoms with van der Waals surface area (Å²) in [7, 11) is 1.61. The minimum Gasteiger partial charge on any atom is -0.497 e. The van der Waals surface area contributed by atoms with Crippen LogP contribution >= 0.6 is 0 Å². The Balaban J connectivity index is 1.82. The Hall–Kier alpha value is -3.61. The molecule has 0 saturated carbocycles. The fourth-order valence-corrected chi connectivity index (χ4v) is 2.36. The molecule has 0 aliphatic rings. The lowest BCUT2D eigenvalue weighted by molar-refractivity contribution is 0.101. The lowest BCUT2D eigenvalue weighted by atomic mass is 10.1. The number of nitrogen functional groups attached to an aromatic ring is 1. The second kappa shape index (κ2) is 7.52. The van der Waals surface area contributed by atoms with Crippen molar-refractivity contribution in [1.29, 1.82) is 0 Å². The molecule has 1 heterocycles. The molecule has 0 fully saturated rings. The van der Waals surface area contributed by atoms with E-state index in [2.05, 4.69) is 20.6 Å². The van der Waals surface area contributed by atoms with Gasteiger partial charge in [-0.15, -0.1) is 0 Å². The Morgan fingerprint density at radius 2 is 1.65 bits per heavy atom. The summed E-state index contributed by atoms with van der Waals surface area (Å²) >= 11 is 0. The third kappa shape index (κ3) is 3.89. The number of nitrogens with two attached hydrogens (primary N) is 1. The summed E-state index contributed by atoms with van der Waals surface area (Å²) in [6.07, 6.45) is 1.42. The topological polar surface area (TPSA) is 102 Å². The monoisotopic (exact) mass is 349 g/mol. The molecule has 0 spiro atoms. The van der Waals surface area contributed by atoms with Crippen molar-refractivity contribution < 1.29 is 9.53 Å². The molecule has 0 aliphatic heterocycles. The molecule has 0 unspecified atom stereocenters. The summed E-state index contributed by atoms with van der Waals surface area (Å²) in [4.78, 5) is 19.9. The van der Waals surface area contributed by atoms with Gasteiger partial charge in [0.1, 0.15) is 17.8 Å². The molecular formula is C19H19N5O2. The van der Waals surface area contributed by atoms with Gasteiger partial charge in [-0.25, -0.2) is 9.97 Å². The largest absolute Gasteiger partial charge is 0.497 e. The quantitative estimate of drug-likeness (QED) is 0.582. The number of methoxy groups -OCH3 is 1. The Labute approximate surface area is 151 Å². The minimum atomic E-state index is -0.00818. The average molecular weight is 349 g/mol. The van der Waals surface area contributed by atoms with Crippen molar-refractivity contribution in [2.45, 2.75) is 6.92 Å². The predicted molar refractivity (Wildman–Crippen MR) is 102 cm³/mol. The van der Waals surface area contributed by atoms with Gasteiger partial charge in [0, 0.05) is 16.9 Å². The number of hydrogen-bond acceptors (Lipinski definition) is 7. The Kier molecular flexibility index (Phi) is 4.98. The minimum absolute atomic E-state index is 0.00818. The predicted octanol–water partition coefficient (Wildman–Crippen LogP) is 3.76. The van der Waals surface area contributed by atoms with Gasteiger partial charge in [-0.2, -0.15) is 0 Å². The Morgan fingerprint density at radius 3 is 2.27 bits per heavy atom. The van der Waals surface area contributed by atoms with Crippen LogP contribution in [0.1, 0.15) is 17.3 Å². The van der Waals surface area contributed by atoms with Crippen LogP contribution < -0.4 is 21.1 Å². The first kappa shape index (κ1) is 17.2. The van der Waals surface area contributed by atoms with Gasteiger partial charge in [0.05, 0.1) is 7.11 Å². The second-order valence-electron chi connectivity index (χ2n) is 5.60. The number of carbonyl (C=O) groups excluding carboxylic acids is 1. The van der Waals surface area contributed by atoms with Crippen LogP contribution in [0.25, 0.3) is 0 Å². The number of hydrogen-bond donors (Lipinski definition) is 3. The number of Topliss-reactive ketones (excluding diaryl/α,β-unsaturated/α-hetero) is 1. The van der Waals surface area contributed by atoms with Crippen molar-refractivity contribution >= 4 is 34.5 Å². The van der Waals surface area contributed by atoms with Gasteiger partial charge in [0.25, 0.3) is 0 Å². The standard InChI is InChI=1S/C19H19N5O2/c1-12(25)13-4-3-5-15(10-13)24-19-17(20)18(21-11-22-19)23-14-6-8-16(26-2)9-7-14/h3-11H,20H2,1-2H3,(H2,21,22,23,24). The highest BCUT2D eigenvalue weighted by molar-refractivity contribution is 5.95. The van der Waals surface area contributed by atoms with E-state index in [-0.39, 0.29) is 5.78 Å². The number of nitrogens with one attached hydrogen (secondary N) is 2. The van der Waals surface area contributed by atoms with Crippen molar-refractivity contribution in [3.63, 3.8) is 0 Å². The molecule has 3 rings (SSSR count). The maximum atomic E-state index is 11.5. The fraction of sp³-hybridized carbons (Fsp3) is 0.105. The maximum Gasteiger partial charge on any atom is 0.159 e. The van der Waals surface area contributed by atoms with Gasteiger partial charge in [0.2, 0.25) is 0 Å². The molecule has 0 aliphatic carbocycles. The lowest BCUT2D eigenvalue weighted by Gasteiger charge is -2.13. The first-order chi connectivity index (χ1) is 12.6. The van der Waals surface area contributed by atoms with Crippen LogP contribution in [0.5, 0.6) is 5.75 Å². The molecule has 0 bridgehead atoms. The zero-order valence-corrected chi connectivity index (χ0v) is 14.5. The average Bonchev–Trinajstić information content (AvgIpc) is 2.66. The van der Waals surface area contributed by atoms with Gasteiger partial charge in [-0.05, 0) is 43.3 Å². The van der Waals surface area contributed by atoms with Crippen LogP contribution in [0.2, 0.25) is 0 Å². The van der Waals surface area contributed by atoms with Crippen molar-refractivity contribution in [2.24, 2.45) is 0 Å². The third-order valence-electron chi connectivity index (χ3n) is 3.77. The molecule has 3 aromatic rings. The number of nitrogens with zero attached hydrogens (tertiary/aromatic N) is 2. The second-order valence-corrected chi connectivity index (χ2v) is 5.60. The first-order valence-electron chi connectivity index (χ1n) is 7.96. The summed E-state index contributed by atoms with van der Waals surface area (Å²) in [6, 6.07) is 14.6. The number of benzene rings is 2. The van der Waals surface area contributed by atoms with Crippen molar-refractivity contribution in [2.75, 3.05) is 23.5 Å². The van der Waals surface area contributed by atoms with Crippen LogP contribution in [-0.4, -0.2) is 22.9 Å². The summed E-state index contributed by atoms with van der Waals surface area (Å²) in [5, 5.41) is 6.28. The molecule has 26 heavy (non-hydrogen) atoms. The van der Waals surface area contributed by atoms with Crippen molar-refractivity contribution in [3.8, 4) is 5.75 Å². The number of ketones is 1. The summed E-state index contributed by atoms with van der Waals surface area (Å²) in [5.74, 6) is 1.69. The van der Waals surface area contributed by atoms with Gasteiger partial charge < -0.3 is 21.1 Å². The molecule has 0 atom stereocenters. The summed E-state index contributed by atoms with van der Waals surface area (Å²) in [6.45, 7) is 1.52. The van der Waals surface area contributed by atoms with Crippen LogP contribution in [-0.2, 0) is 0 Å². The SMILES string of the molecule is COc1ccc(Nc2ncnc(Nc3cccc(C(C)=O)c3)c2N)cc1. The highest BCUT2D eigenvalue weighted by Gasteiger charge is 2.10. The van der Waals surface area contributed by atoms with E-state index in [0.29, 0.717) is 22.9 Å². The smallest absolute Gasteiger partial charge is 0.159 e. The van der Waals surface area contributed by atoms with Gasteiger partial charge in [-0.1, -0.05) is 12.1 Å². The van der Waals surface area contributed by atoms with Crippen LogP contribution in [0.15, 0.2) is 54.9 Å².